The molecule has 2 fully saturated rings. The number of aliphatic carboxylic acids is 1. The van der Waals surface area contributed by atoms with E-state index in [0.29, 0.717) is 84.1 Å². The molecule has 6 aromatic rings. The number of hydrogen-bond donors (Lipinski definition) is 1. The van der Waals surface area contributed by atoms with Crippen LogP contribution in [0.1, 0.15) is 40.7 Å². The number of oxazole rings is 2. The molecule has 54 heavy (non-hydrogen) atoms. The van der Waals surface area contributed by atoms with Gasteiger partial charge in [-0.3, -0.25) is 19.0 Å². The fraction of sp³-hybridized carbons (Fsp3) is 0.317. The van der Waals surface area contributed by atoms with Crippen LogP contribution in [0.5, 0.6) is 5.75 Å². The number of fused-ring (bicyclic) bond motifs is 2. The molecule has 1 atom stereocenters. The normalized spacial score (nSPS) is 16.7. The van der Waals surface area contributed by atoms with Crippen LogP contribution < -0.4 is 4.74 Å². The van der Waals surface area contributed by atoms with Gasteiger partial charge < -0.3 is 18.7 Å². The molecule has 2 aliphatic rings. The maximum Gasteiger partial charge on any atom is 0.387 e. The van der Waals surface area contributed by atoms with Gasteiger partial charge in [-0.1, -0.05) is 24.3 Å². The molecule has 8 rings (SSSR count). The summed E-state index contributed by atoms with van der Waals surface area (Å²) in [6, 6.07) is 19.9. The maximum absolute atomic E-state index is 13.5. The highest BCUT2D eigenvalue weighted by Crippen LogP contribution is 2.39. The fourth-order valence-corrected chi connectivity index (χ4v) is 7.82. The summed E-state index contributed by atoms with van der Waals surface area (Å²) >= 11 is 0. The quantitative estimate of drug-likeness (QED) is 0.138. The Morgan fingerprint density at radius 1 is 0.963 bits per heavy atom. The molecule has 0 radical (unpaired) electrons. The minimum absolute atomic E-state index is 0.0651. The summed E-state index contributed by atoms with van der Waals surface area (Å²) < 4.78 is 57.2. The zero-order valence-corrected chi connectivity index (χ0v) is 29.6. The number of rotatable bonds is 11. The monoisotopic (exact) mass is 735 g/mol. The molecule has 10 nitrogen and oxygen atoms in total. The minimum Gasteiger partial charge on any atom is -0.480 e. The molecule has 0 amide bonds. The van der Waals surface area contributed by atoms with Crippen molar-refractivity contribution >= 4 is 28.2 Å². The van der Waals surface area contributed by atoms with Gasteiger partial charge >= 0.3 is 12.6 Å². The predicted molar refractivity (Wildman–Crippen MR) is 195 cm³/mol. The number of carboxylic acid groups (broad SMARTS) is 1. The third kappa shape index (κ3) is 6.56. The largest absolute Gasteiger partial charge is 0.480 e. The number of alkyl halides is 3. The summed E-state index contributed by atoms with van der Waals surface area (Å²) in [5.41, 5.74) is 8.43. The topological polar surface area (TPSA) is 129 Å². The van der Waals surface area contributed by atoms with E-state index in [4.69, 9.17) is 23.5 Å². The van der Waals surface area contributed by atoms with Crippen molar-refractivity contribution in [3.8, 4) is 45.9 Å². The van der Waals surface area contributed by atoms with E-state index < -0.39 is 18.6 Å². The van der Waals surface area contributed by atoms with Crippen molar-refractivity contribution in [1.82, 2.24) is 19.8 Å². The van der Waals surface area contributed by atoms with Gasteiger partial charge in [0.1, 0.15) is 28.9 Å². The van der Waals surface area contributed by atoms with E-state index in [1.54, 1.807) is 17.0 Å². The number of aromatic nitrogens is 2. The molecule has 0 unspecified atom stereocenters. The SMILES string of the molecule is Cc1c(-c2nc3cc(CN4CCC[C@H]4C(=O)O)c(OC(F)F)cc3o2)cccc1-c1cccc(-c2nc3cc(CN4CC(CF)C4)cc(C#N)c3o2)c1C. The van der Waals surface area contributed by atoms with E-state index in [2.05, 4.69) is 11.0 Å². The first-order valence-corrected chi connectivity index (χ1v) is 17.8. The van der Waals surface area contributed by atoms with Gasteiger partial charge in [-0.2, -0.15) is 14.0 Å². The molecular formula is C41H36F3N5O5. The first-order chi connectivity index (χ1) is 26.1. The molecule has 0 spiro atoms. The van der Waals surface area contributed by atoms with Crippen molar-refractivity contribution in [2.45, 2.75) is 52.4 Å². The lowest BCUT2D eigenvalue weighted by molar-refractivity contribution is -0.142. The van der Waals surface area contributed by atoms with Crippen molar-refractivity contribution in [3.05, 3.63) is 88.5 Å². The maximum atomic E-state index is 13.5. The Hall–Kier alpha value is -5.71. The number of benzene rings is 4. The number of nitrogens with zero attached hydrogens (tertiary/aromatic N) is 5. The van der Waals surface area contributed by atoms with E-state index in [-0.39, 0.29) is 30.5 Å². The van der Waals surface area contributed by atoms with Crippen LogP contribution in [-0.4, -0.2) is 69.8 Å². The van der Waals surface area contributed by atoms with Crippen LogP contribution >= 0.6 is 0 Å². The lowest BCUT2D eigenvalue weighted by Crippen LogP contribution is -2.46. The fourth-order valence-electron chi connectivity index (χ4n) is 7.82. The molecule has 1 N–H and O–H groups in total. The van der Waals surface area contributed by atoms with Gasteiger partial charge in [-0.15, -0.1) is 0 Å². The molecular weight excluding hydrogens is 699 g/mol. The molecule has 4 aromatic carbocycles. The molecule has 2 saturated heterocycles. The summed E-state index contributed by atoms with van der Waals surface area (Å²) in [4.78, 5) is 25.2. The molecule has 0 bridgehead atoms. The zero-order valence-electron chi connectivity index (χ0n) is 29.6. The van der Waals surface area contributed by atoms with Gasteiger partial charge in [0.2, 0.25) is 11.8 Å². The van der Waals surface area contributed by atoms with E-state index in [0.717, 1.165) is 33.4 Å². The van der Waals surface area contributed by atoms with E-state index in [1.165, 1.54) is 6.07 Å². The van der Waals surface area contributed by atoms with Crippen LogP contribution in [0.3, 0.4) is 0 Å². The molecule has 276 valence electrons. The van der Waals surface area contributed by atoms with Crippen molar-refractivity contribution in [3.63, 3.8) is 0 Å². The van der Waals surface area contributed by atoms with Crippen LogP contribution in [0.2, 0.25) is 0 Å². The number of carbonyl (C=O) groups is 1. The van der Waals surface area contributed by atoms with Crippen molar-refractivity contribution < 1.29 is 36.6 Å². The van der Waals surface area contributed by atoms with Gasteiger partial charge in [-0.25, -0.2) is 9.97 Å². The third-order valence-corrected chi connectivity index (χ3v) is 10.6. The summed E-state index contributed by atoms with van der Waals surface area (Å²) in [5, 5.41) is 19.6. The highest BCUT2D eigenvalue weighted by Gasteiger charge is 2.32. The van der Waals surface area contributed by atoms with Crippen LogP contribution in [0.25, 0.3) is 56.2 Å². The lowest BCUT2D eigenvalue weighted by Gasteiger charge is -2.37. The van der Waals surface area contributed by atoms with Crippen molar-refractivity contribution in [1.29, 1.82) is 5.26 Å². The Bertz CT molecular complexity index is 2450. The minimum atomic E-state index is -3.08. The van der Waals surface area contributed by atoms with Gasteiger partial charge in [0.05, 0.1) is 12.2 Å². The average Bonchev–Trinajstić information content (AvgIpc) is 3.88. The molecule has 0 aliphatic carbocycles. The molecule has 2 aliphatic heterocycles. The Morgan fingerprint density at radius 3 is 2.28 bits per heavy atom. The van der Waals surface area contributed by atoms with Gasteiger partial charge in [0, 0.05) is 54.9 Å². The smallest absolute Gasteiger partial charge is 0.387 e. The van der Waals surface area contributed by atoms with Crippen molar-refractivity contribution in [2.24, 2.45) is 5.92 Å². The number of ether oxygens (including phenoxy) is 1. The number of halogens is 3. The van der Waals surface area contributed by atoms with Gasteiger partial charge in [-0.05, 0) is 91.4 Å². The third-order valence-electron chi connectivity index (χ3n) is 10.6. The van der Waals surface area contributed by atoms with Crippen LogP contribution in [0.15, 0.2) is 69.5 Å². The molecule has 2 aromatic heterocycles. The second kappa shape index (κ2) is 14.3. The van der Waals surface area contributed by atoms with Gasteiger partial charge in [0.25, 0.3) is 0 Å². The summed E-state index contributed by atoms with van der Waals surface area (Å²) in [6.07, 6.45) is 1.17. The Labute approximate surface area is 308 Å². The Balaban J connectivity index is 1.12. The standard InChI is InChI=1S/C41H36F3N5O5/c1-22-28(29-7-4-9-31(23(29)2)39-47-33-13-24(12-26(17-45)37(33)54-39)18-48-19-25(16-42)20-48)6-3-8-30(22)38-46-32-14-27(21-49-11-5-10-34(49)40(50)51)35(53-41(43)44)15-36(32)52-38/h3-4,6-9,12-15,25,34,41H,5,10-11,16,18-21H2,1-2H3,(H,50,51)/t34-/m0/s1. The van der Waals surface area contributed by atoms with E-state index in [9.17, 15) is 28.3 Å². The second-order valence-electron chi connectivity index (χ2n) is 14.1. The van der Waals surface area contributed by atoms with E-state index >= 15 is 0 Å². The Kier molecular flexibility index (Phi) is 9.33. The molecule has 0 saturated carbocycles. The van der Waals surface area contributed by atoms with Crippen molar-refractivity contribution in [2.75, 3.05) is 26.3 Å². The summed E-state index contributed by atoms with van der Waals surface area (Å²) in [6.45, 7) is 3.14. The number of nitriles is 1. The summed E-state index contributed by atoms with van der Waals surface area (Å²) in [7, 11) is 0. The lowest BCUT2D eigenvalue weighted by atomic mass is 9.91. The second-order valence-corrected chi connectivity index (χ2v) is 14.1. The summed E-state index contributed by atoms with van der Waals surface area (Å²) in [5.74, 6) is -0.299. The Morgan fingerprint density at radius 2 is 1.63 bits per heavy atom. The molecule has 4 heterocycles. The highest BCUT2D eigenvalue weighted by molar-refractivity contribution is 5.86. The van der Waals surface area contributed by atoms with Gasteiger partial charge in [0.15, 0.2) is 11.2 Å². The average molecular weight is 736 g/mol. The highest BCUT2D eigenvalue weighted by atomic mass is 19.3. The zero-order chi connectivity index (χ0) is 37.7. The number of hydrogen-bond acceptors (Lipinski definition) is 9. The first-order valence-electron chi connectivity index (χ1n) is 17.8. The first kappa shape index (κ1) is 35.3. The van der Waals surface area contributed by atoms with E-state index in [1.807, 2.05) is 56.3 Å². The number of carboxylic acids is 1. The number of likely N-dealkylation sites (tertiary alicyclic amines) is 2. The van der Waals surface area contributed by atoms with Crippen LogP contribution in [0, 0.1) is 31.1 Å². The van der Waals surface area contributed by atoms with Crippen LogP contribution in [0.4, 0.5) is 13.2 Å². The van der Waals surface area contributed by atoms with Crippen LogP contribution in [-0.2, 0) is 17.9 Å². The predicted octanol–water partition coefficient (Wildman–Crippen LogP) is 8.51. The molecule has 13 heteroatoms.